The van der Waals surface area contributed by atoms with E-state index in [1.54, 1.807) is 18.2 Å². The van der Waals surface area contributed by atoms with Gasteiger partial charge in [-0.2, -0.15) is 0 Å². The van der Waals surface area contributed by atoms with Crippen LogP contribution in [-0.2, 0) is 9.59 Å². The molecule has 1 N–H and O–H groups in total. The molecule has 8 heteroatoms. The van der Waals surface area contributed by atoms with Gasteiger partial charge in [0.25, 0.3) is 11.8 Å². The number of amides is 2. The Balaban J connectivity index is 1.38. The molecule has 3 aromatic rings. The molecular weight excluding hydrogens is 520 g/mol. The second kappa shape index (κ2) is 10.3. The first-order chi connectivity index (χ1) is 15.9. The second-order valence-electron chi connectivity index (χ2n) is 7.22. The molecule has 0 bridgehead atoms. The number of carbonyl (C=O) groups is 2. The number of nitrogens with zero attached hydrogens (tertiary/aromatic N) is 1. The van der Waals surface area contributed by atoms with Gasteiger partial charge in [0.05, 0.1) is 10.6 Å². The third-order valence-electron chi connectivity index (χ3n) is 4.83. The van der Waals surface area contributed by atoms with Gasteiger partial charge in [0.15, 0.2) is 10.9 Å². The van der Waals surface area contributed by atoms with Crippen LogP contribution < -0.4 is 15.0 Å². The number of thiocarbonyl (C=S) groups is 1. The van der Waals surface area contributed by atoms with Crippen molar-refractivity contribution in [3.63, 3.8) is 0 Å². The summed E-state index contributed by atoms with van der Waals surface area (Å²) in [5.74, 6) is 0.176. The van der Waals surface area contributed by atoms with Gasteiger partial charge < -0.3 is 10.1 Å². The van der Waals surface area contributed by atoms with Gasteiger partial charge in [-0.15, -0.1) is 0 Å². The van der Waals surface area contributed by atoms with Gasteiger partial charge in [-0.3, -0.25) is 14.5 Å². The van der Waals surface area contributed by atoms with Gasteiger partial charge in [0.2, 0.25) is 0 Å². The van der Waals surface area contributed by atoms with Gasteiger partial charge in [0, 0.05) is 10.2 Å². The summed E-state index contributed by atoms with van der Waals surface area (Å²) in [5, 5.41) is 2.84. The van der Waals surface area contributed by atoms with E-state index in [9.17, 15) is 9.59 Å². The van der Waals surface area contributed by atoms with E-state index in [1.807, 2.05) is 67.6 Å². The molecule has 2 amide bonds. The number of thioether (sulfide) groups is 1. The molecule has 1 fully saturated rings. The zero-order valence-corrected chi connectivity index (χ0v) is 20.8. The lowest BCUT2D eigenvalue weighted by Crippen LogP contribution is -2.27. The average Bonchev–Trinajstić information content (AvgIpc) is 3.07. The van der Waals surface area contributed by atoms with E-state index in [0.717, 1.165) is 27.0 Å². The Morgan fingerprint density at radius 1 is 1.12 bits per heavy atom. The molecule has 0 aromatic heterocycles. The molecule has 1 aliphatic rings. The number of hydrogen-bond acceptors (Lipinski definition) is 5. The number of carbonyl (C=O) groups excluding carboxylic acids is 2. The first kappa shape index (κ1) is 23.2. The summed E-state index contributed by atoms with van der Waals surface area (Å²) in [6.45, 7) is 1.83. The Hall–Kier alpha value is -2.94. The predicted octanol–water partition coefficient (Wildman–Crippen LogP) is 6.18. The molecule has 1 saturated heterocycles. The van der Waals surface area contributed by atoms with Crippen LogP contribution in [0.25, 0.3) is 6.08 Å². The minimum Gasteiger partial charge on any atom is -0.484 e. The van der Waals surface area contributed by atoms with Crippen LogP contribution in [0.4, 0.5) is 11.4 Å². The molecule has 0 spiro atoms. The number of rotatable bonds is 6. The Bertz CT molecular complexity index is 1260. The summed E-state index contributed by atoms with van der Waals surface area (Å²) in [6, 6.07) is 22.2. The van der Waals surface area contributed by atoms with Crippen LogP contribution in [0.1, 0.15) is 11.1 Å². The number of halogens is 1. The lowest BCUT2D eigenvalue weighted by Gasteiger charge is -2.14. The predicted molar refractivity (Wildman–Crippen MR) is 142 cm³/mol. The quantitative estimate of drug-likeness (QED) is 0.300. The Morgan fingerprint density at radius 2 is 1.88 bits per heavy atom. The first-order valence-corrected chi connectivity index (χ1v) is 12.0. The number of nitrogens with one attached hydrogen (secondary N) is 1. The number of anilines is 2. The van der Waals surface area contributed by atoms with E-state index in [-0.39, 0.29) is 18.4 Å². The monoisotopic (exact) mass is 538 g/mol. The number of hydrogen-bond donors (Lipinski definition) is 1. The average molecular weight is 539 g/mol. The van der Waals surface area contributed by atoms with Crippen molar-refractivity contribution in [2.75, 3.05) is 16.8 Å². The fourth-order valence-corrected chi connectivity index (χ4v) is 4.85. The summed E-state index contributed by atoms with van der Waals surface area (Å²) in [5.41, 5.74) is 3.31. The van der Waals surface area contributed by atoms with Crippen molar-refractivity contribution in [1.82, 2.24) is 0 Å². The molecule has 0 radical (unpaired) electrons. The van der Waals surface area contributed by atoms with E-state index in [2.05, 4.69) is 21.2 Å². The molecule has 1 aliphatic heterocycles. The smallest absolute Gasteiger partial charge is 0.270 e. The Labute approximate surface area is 210 Å². The third-order valence-corrected chi connectivity index (χ3v) is 6.62. The topological polar surface area (TPSA) is 58.6 Å². The van der Waals surface area contributed by atoms with E-state index >= 15 is 0 Å². The molecule has 1 heterocycles. The number of aryl methyl sites for hydroxylation is 1. The lowest BCUT2D eigenvalue weighted by molar-refractivity contribution is -0.118. The Kier molecular flexibility index (Phi) is 7.27. The maximum atomic E-state index is 12.9. The summed E-state index contributed by atoms with van der Waals surface area (Å²) in [6.07, 6.45) is 1.80. The maximum absolute atomic E-state index is 12.9. The van der Waals surface area contributed by atoms with Crippen molar-refractivity contribution in [2.24, 2.45) is 0 Å². The van der Waals surface area contributed by atoms with Gasteiger partial charge in [-0.25, -0.2) is 0 Å². The molecule has 3 aromatic carbocycles. The van der Waals surface area contributed by atoms with Crippen molar-refractivity contribution in [1.29, 1.82) is 0 Å². The van der Waals surface area contributed by atoms with Crippen molar-refractivity contribution in [3.05, 3.63) is 93.3 Å². The van der Waals surface area contributed by atoms with Crippen LogP contribution in [0.5, 0.6) is 5.75 Å². The van der Waals surface area contributed by atoms with Crippen LogP contribution in [0.15, 0.2) is 82.2 Å². The minimum absolute atomic E-state index is 0.0982. The van der Waals surface area contributed by atoms with Crippen LogP contribution in [-0.4, -0.2) is 22.7 Å². The highest BCUT2D eigenvalue weighted by Crippen LogP contribution is 2.36. The van der Waals surface area contributed by atoms with Gasteiger partial charge in [-0.1, -0.05) is 76.3 Å². The van der Waals surface area contributed by atoms with E-state index in [0.29, 0.717) is 15.0 Å². The van der Waals surface area contributed by atoms with E-state index < -0.39 is 0 Å². The zero-order chi connectivity index (χ0) is 23.4. The molecule has 0 atom stereocenters. The maximum Gasteiger partial charge on any atom is 0.270 e. The van der Waals surface area contributed by atoms with Gasteiger partial charge >= 0.3 is 0 Å². The van der Waals surface area contributed by atoms with Crippen molar-refractivity contribution >= 4 is 73.5 Å². The second-order valence-corrected chi connectivity index (χ2v) is 9.81. The van der Waals surface area contributed by atoms with Crippen molar-refractivity contribution < 1.29 is 14.3 Å². The standard InChI is InChI=1S/C25H19BrN2O3S2/c1-16-5-2-3-8-21(16)27-23(29)15-31-20-11-9-17(10-12-20)13-22-24(30)28(25(32)33-22)19-7-4-6-18(26)14-19/h2-14H,15H2,1H3,(H,27,29)/b22-13-. The van der Waals surface area contributed by atoms with E-state index in [4.69, 9.17) is 17.0 Å². The lowest BCUT2D eigenvalue weighted by atomic mass is 10.2. The highest BCUT2D eigenvalue weighted by atomic mass is 79.9. The van der Waals surface area contributed by atoms with Gasteiger partial charge in [0.1, 0.15) is 5.75 Å². The van der Waals surface area contributed by atoms with E-state index in [1.165, 1.54) is 16.7 Å². The van der Waals surface area contributed by atoms with Crippen molar-refractivity contribution in [2.45, 2.75) is 6.92 Å². The summed E-state index contributed by atoms with van der Waals surface area (Å²) in [4.78, 5) is 27.2. The zero-order valence-electron chi connectivity index (χ0n) is 17.6. The number of ether oxygens (including phenoxy) is 1. The molecule has 166 valence electrons. The summed E-state index contributed by atoms with van der Waals surface area (Å²) in [7, 11) is 0. The molecule has 0 aliphatic carbocycles. The highest BCUT2D eigenvalue weighted by molar-refractivity contribution is 9.10. The first-order valence-electron chi connectivity index (χ1n) is 10.0. The summed E-state index contributed by atoms with van der Waals surface area (Å²) >= 11 is 10.1. The highest BCUT2D eigenvalue weighted by Gasteiger charge is 2.33. The van der Waals surface area contributed by atoms with Crippen LogP contribution in [0, 0.1) is 6.92 Å². The van der Waals surface area contributed by atoms with Crippen molar-refractivity contribution in [3.8, 4) is 5.75 Å². The molecular formula is C25H19BrN2O3S2. The largest absolute Gasteiger partial charge is 0.484 e. The fourth-order valence-electron chi connectivity index (χ4n) is 3.17. The SMILES string of the molecule is Cc1ccccc1NC(=O)COc1ccc(/C=C2\SC(=S)N(c3cccc(Br)c3)C2=O)cc1. The number of para-hydroxylation sites is 1. The molecule has 5 nitrogen and oxygen atoms in total. The number of benzene rings is 3. The Morgan fingerprint density at radius 3 is 2.61 bits per heavy atom. The van der Waals surface area contributed by atoms with Crippen LogP contribution in [0.2, 0.25) is 0 Å². The summed E-state index contributed by atoms with van der Waals surface area (Å²) < 4.78 is 6.96. The molecule has 4 rings (SSSR count). The fraction of sp³-hybridized carbons (Fsp3) is 0.0800. The normalized spacial score (nSPS) is 14.6. The third kappa shape index (κ3) is 5.71. The van der Waals surface area contributed by atoms with Crippen LogP contribution >= 0.6 is 39.9 Å². The molecule has 33 heavy (non-hydrogen) atoms. The molecule has 0 unspecified atom stereocenters. The van der Waals surface area contributed by atoms with Crippen LogP contribution in [0.3, 0.4) is 0 Å². The molecule has 0 saturated carbocycles. The minimum atomic E-state index is -0.232. The van der Waals surface area contributed by atoms with Gasteiger partial charge in [-0.05, 0) is 60.5 Å².